The van der Waals surface area contributed by atoms with E-state index in [1.165, 1.54) is 12.0 Å². The van der Waals surface area contributed by atoms with Crippen molar-refractivity contribution in [3.63, 3.8) is 0 Å². The van der Waals surface area contributed by atoms with Crippen LogP contribution in [0.1, 0.15) is 52.5 Å². The zero-order valence-corrected chi connectivity index (χ0v) is 12.7. The van der Waals surface area contributed by atoms with Crippen LogP contribution in [0.15, 0.2) is 30.3 Å². The molecule has 1 N–H and O–H groups in total. The summed E-state index contributed by atoms with van der Waals surface area (Å²) in [6.45, 7) is 13.7. The van der Waals surface area contributed by atoms with Crippen LogP contribution in [-0.4, -0.2) is 13.1 Å². The molecular weight excluding hydrogens is 218 g/mol. The first kappa shape index (κ1) is 15.2. The fourth-order valence-corrected chi connectivity index (χ4v) is 2.16. The molecule has 1 unspecified atom stereocenters. The standard InChI is InChI=1S/C17H29N/c1-14(2)16(15-9-7-6-8-10-15)13-18-12-11-17(3,4)5/h6-10,14,16,18H,11-13H2,1-5H3. The Bertz CT molecular complexity index is 321. The Labute approximate surface area is 113 Å². The molecule has 0 aromatic heterocycles. The lowest BCUT2D eigenvalue weighted by Gasteiger charge is -2.24. The molecular formula is C17H29N. The van der Waals surface area contributed by atoms with E-state index in [0.29, 0.717) is 17.3 Å². The summed E-state index contributed by atoms with van der Waals surface area (Å²) in [5.74, 6) is 1.29. The van der Waals surface area contributed by atoms with E-state index in [1.54, 1.807) is 0 Å². The SMILES string of the molecule is CC(C)C(CNCCC(C)(C)C)c1ccccc1. The van der Waals surface area contributed by atoms with Crippen LogP contribution in [0.4, 0.5) is 0 Å². The van der Waals surface area contributed by atoms with Crippen molar-refractivity contribution in [1.82, 2.24) is 5.32 Å². The van der Waals surface area contributed by atoms with Gasteiger partial charge in [0.2, 0.25) is 0 Å². The van der Waals surface area contributed by atoms with E-state index in [2.05, 4.69) is 70.3 Å². The Morgan fingerprint density at radius 2 is 1.67 bits per heavy atom. The highest BCUT2D eigenvalue weighted by Crippen LogP contribution is 2.23. The maximum absolute atomic E-state index is 3.62. The van der Waals surface area contributed by atoms with Crippen molar-refractivity contribution in [2.75, 3.05) is 13.1 Å². The largest absolute Gasteiger partial charge is 0.316 e. The van der Waals surface area contributed by atoms with Gasteiger partial charge in [-0.25, -0.2) is 0 Å². The van der Waals surface area contributed by atoms with Crippen molar-refractivity contribution in [1.29, 1.82) is 0 Å². The Morgan fingerprint density at radius 3 is 2.17 bits per heavy atom. The maximum atomic E-state index is 3.62. The van der Waals surface area contributed by atoms with Gasteiger partial charge in [-0.2, -0.15) is 0 Å². The first-order valence-electron chi connectivity index (χ1n) is 7.16. The van der Waals surface area contributed by atoms with Crippen LogP contribution in [0.25, 0.3) is 0 Å². The Morgan fingerprint density at radius 1 is 1.06 bits per heavy atom. The normalized spacial score (nSPS) is 13.9. The van der Waals surface area contributed by atoms with Crippen LogP contribution < -0.4 is 5.32 Å². The molecule has 0 fully saturated rings. The number of benzene rings is 1. The molecule has 0 bridgehead atoms. The summed E-state index contributed by atoms with van der Waals surface area (Å²) in [5.41, 5.74) is 1.88. The van der Waals surface area contributed by atoms with Gasteiger partial charge >= 0.3 is 0 Å². The van der Waals surface area contributed by atoms with E-state index in [0.717, 1.165) is 13.1 Å². The third kappa shape index (κ3) is 5.68. The van der Waals surface area contributed by atoms with E-state index in [-0.39, 0.29) is 0 Å². The number of hydrogen-bond acceptors (Lipinski definition) is 1. The predicted octanol–water partition coefficient (Wildman–Crippen LogP) is 4.45. The molecule has 1 aromatic carbocycles. The van der Waals surface area contributed by atoms with Crippen molar-refractivity contribution in [2.45, 2.75) is 47.0 Å². The fourth-order valence-electron chi connectivity index (χ4n) is 2.16. The minimum Gasteiger partial charge on any atom is -0.316 e. The van der Waals surface area contributed by atoms with Gasteiger partial charge in [-0.05, 0) is 35.8 Å². The van der Waals surface area contributed by atoms with Crippen molar-refractivity contribution < 1.29 is 0 Å². The van der Waals surface area contributed by atoms with Crippen molar-refractivity contribution in [3.05, 3.63) is 35.9 Å². The lowest BCUT2D eigenvalue weighted by molar-refractivity contribution is 0.357. The van der Waals surface area contributed by atoms with Crippen LogP contribution in [0.5, 0.6) is 0 Å². The minimum absolute atomic E-state index is 0.424. The van der Waals surface area contributed by atoms with Gasteiger partial charge in [0, 0.05) is 6.54 Å². The summed E-state index contributed by atoms with van der Waals surface area (Å²) in [5, 5.41) is 3.62. The third-order valence-corrected chi connectivity index (χ3v) is 3.45. The predicted molar refractivity (Wildman–Crippen MR) is 81.0 cm³/mol. The highest BCUT2D eigenvalue weighted by Gasteiger charge is 2.15. The Hall–Kier alpha value is -0.820. The second-order valence-corrected chi connectivity index (χ2v) is 6.78. The molecule has 0 spiro atoms. The average molecular weight is 247 g/mol. The molecule has 0 saturated carbocycles. The van der Waals surface area contributed by atoms with E-state index in [4.69, 9.17) is 0 Å². The van der Waals surface area contributed by atoms with Crippen molar-refractivity contribution in [3.8, 4) is 0 Å². The lowest BCUT2D eigenvalue weighted by atomic mass is 9.88. The van der Waals surface area contributed by atoms with Crippen LogP contribution in [0, 0.1) is 11.3 Å². The summed E-state index contributed by atoms with van der Waals surface area (Å²) in [6.07, 6.45) is 1.23. The zero-order valence-electron chi connectivity index (χ0n) is 12.7. The van der Waals surface area contributed by atoms with E-state index in [9.17, 15) is 0 Å². The summed E-state index contributed by atoms with van der Waals surface area (Å²) < 4.78 is 0. The van der Waals surface area contributed by atoms with E-state index < -0.39 is 0 Å². The van der Waals surface area contributed by atoms with Gasteiger partial charge < -0.3 is 5.32 Å². The smallest absolute Gasteiger partial charge is 0.00226 e. The molecule has 1 nitrogen and oxygen atoms in total. The van der Waals surface area contributed by atoms with Gasteiger partial charge in [-0.1, -0.05) is 65.0 Å². The second kappa shape index (κ2) is 6.94. The number of nitrogens with one attached hydrogen (secondary N) is 1. The third-order valence-electron chi connectivity index (χ3n) is 3.45. The molecule has 0 radical (unpaired) electrons. The number of hydrogen-bond donors (Lipinski definition) is 1. The molecule has 1 rings (SSSR count). The quantitative estimate of drug-likeness (QED) is 0.732. The molecule has 0 heterocycles. The Balaban J connectivity index is 2.45. The van der Waals surface area contributed by atoms with Crippen LogP contribution in [0.3, 0.4) is 0 Å². The van der Waals surface area contributed by atoms with Crippen molar-refractivity contribution >= 4 is 0 Å². The molecule has 0 aliphatic rings. The molecule has 1 atom stereocenters. The monoisotopic (exact) mass is 247 g/mol. The van der Waals surface area contributed by atoms with Gasteiger partial charge in [0.25, 0.3) is 0 Å². The van der Waals surface area contributed by atoms with Gasteiger partial charge in [0.1, 0.15) is 0 Å². The fraction of sp³-hybridized carbons (Fsp3) is 0.647. The molecule has 0 aliphatic carbocycles. The topological polar surface area (TPSA) is 12.0 Å². The van der Waals surface area contributed by atoms with Crippen LogP contribution in [-0.2, 0) is 0 Å². The Kier molecular flexibility index (Phi) is 5.87. The highest BCUT2D eigenvalue weighted by molar-refractivity contribution is 5.20. The molecule has 0 amide bonds. The molecule has 0 saturated heterocycles. The lowest BCUT2D eigenvalue weighted by Crippen LogP contribution is -2.27. The molecule has 1 aromatic rings. The zero-order chi connectivity index (χ0) is 13.6. The average Bonchev–Trinajstić information content (AvgIpc) is 2.28. The van der Waals surface area contributed by atoms with Crippen LogP contribution >= 0.6 is 0 Å². The summed E-state index contributed by atoms with van der Waals surface area (Å²) in [4.78, 5) is 0. The van der Waals surface area contributed by atoms with Gasteiger partial charge in [0.15, 0.2) is 0 Å². The van der Waals surface area contributed by atoms with Crippen molar-refractivity contribution in [2.24, 2.45) is 11.3 Å². The highest BCUT2D eigenvalue weighted by atomic mass is 14.9. The summed E-state index contributed by atoms with van der Waals surface area (Å²) >= 11 is 0. The summed E-state index contributed by atoms with van der Waals surface area (Å²) in [7, 11) is 0. The summed E-state index contributed by atoms with van der Waals surface area (Å²) in [6, 6.07) is 10.9. The molecule has 1 heteroatoms. The van der Waals surface area contributed by atoms with Crippen LogP contribution in [0.2, 0.25) is 0 Å². The second-order valence-electron chi connectivity index (χ2n) is 6.78. The first-order chi connectivity index (χ1) is 8.40. The number of rotatable bonds is 6. The van der Waals surface area contributed by atoms with Gasteiger partial charge in [-0.15, -0.1) is 0 Å². The maximum Gasteiger partial charge on any atom is 0.00226 e. The van der Waals surface area contributed by atoms with E-state index in [1.807, 2.05) is 0 Å². The molecule has 18 heavy (non-hydrogen) atoms. The minimum atomic E-state index is 0.424. The molecule has 0 aliphatic heterocycles. The molecule has 102 valence electrons. The van der Waals surface area contributed by atoms with E-state index >= 15 is 0 Å². The van der Waals surface area contributed by atoms with Gasteiger partial charge in [-0.3, -0.25) is 0 Å². The van der Waals surface area contributed by atoms with Gasteiger partial charge in [0.05, 0.1) is 0 Å². The first-order valence-corrected chi connectivity index (χ1v) is 7.16.